The number of rotatable bonds is 3. The van der Waals surface area contributed by atoms with Crippen LogP contribution in [-0.4, -0.2) is 22.5 Å². The second kappa shape index (κ2) is 5.44. The number of imidazole rings is 1. The highest BCUT2D eigenvalue weighted by Crippen LogP contribution is 2.32. The van der Waals surface area contributed by atoms with Crippen molar-refractivity contribution in [3.8, 4) is 0 Å². The van der Waals surface area contributed by atoms with Crippen molar-refractivity contribution in [2.45, 2.75) is 44.0 Å². The van der Waals surface area contributed by atoms with E-state index in [1.807, 2.05) is 0 Å². The third kappa shape index (κ3) is 2.42. The molecule has 1 aliphatic rings. The molecule has 1 fully saturated rings. The van der Waals surface area contributed by atoms with Gasteiger partial charge in [-0.3, -0.25) is 4.40 Å². The van der Waals surface area contributed by atoms with Crippen LogP contribution in [0.15, 0.2) is 11.6 Å². The van der Waals surface area contributed by atoms with E-state index in [9.17, 15) is 0 Å². The monoisotopic (exact) mass is 341 g/mol. The van der Waals surface area contributed by atoms with Crippen LogP contribution in [0.3, 0.4) is 0 Å². The second-order valence-electron chi connectivity index (χ2n) is 5.61. The van der Waals surface area contributed by atoms with E-state index in [4.69, 9.17) is 4.98 Å². The van der Waals surface area contributed by atoms with Crippen molar-refractivity contribution in [3.05, 3.63) is 17.3 Å². The molecule has 19 heavy (non-hydrogen) atoms. The Morgan fingerprint density at radius 3 is 3.11 bits per heavy atom. The highest BCUT2D eigenvalue weighted by molar-refractivity contribution is 9.08. The first-order chi connectivity index (χ1) is 9.20. The molecule has 2 aromatic rings. The third-order valence-corrected chi connectivity index (χ3v) is 5.54. The van der Waals surface area contributed by atoms with E-state index in [-0.39, 0.29) is 0 Å². The van der Waals surface area contributed by atoms with Gasteiger partial charge in [0.2, 0.25) is 0 Å². The summed E-state index contributed by atoms with van der Waals surface area (Å²) in [4.78, 5) is 8.33. The fourth-order valence-electron chi connectivity index (χ4n) is 3.15. The van der Waals surface area contributed by atoms with Crippen molar-refractivity contribution >= 4 is 38.0 Å². The van der Waals surface area contributed by atoms with Crippen LogP contribution in [0.1, 0.15) is 38.3 Å². The van der Waals surface area contributed by atoms with E-state index >= 15 is 0 Å². The molecule has 3 rings (SSSR count). The van der Waals surface area contributed by atoms with E-state index < -0.39 is 0 Å². The number of hydrogen-bond donors (Lipinski definition) is 0. The van der Waals surface area contributed by atoms with Gasteiger partial charge in [-0.2, -0.15) is 0 Å². The lowest BCUT2D eigenvalue weighted by Gasteiger charge is -2.34. The maximum Gasteiger partial charge on any atom is 0.195 e. The summed E-state index contributed by atoms with van der Waals surface area (Å²) in [6, 6.07) is 0.645. The summed E-state index contributed by atoms with van der Waals surface area (Å²) >= 11 is 5.32. The first-order valence-corrected chi connectivity index (χ1v) is 8.94. The van der Waals surface area contributed by atoms with Crippen LogP contribution in [-0.2, 0) is 5.33 Å². The van der Waals surface area contributed by atoms with Crippen molar-refractivity contribution in [1.82, 2.24) is 9.38 Å². The van der Waals surface area contributed by atoms with E-state index in [2.05, 4.69) is 50.8 Å². The molecular formula is C14H20BrN3S. The van der Waals surface area contributed by atoms with Crippen LogP contribution in [0.2, 0.25) is 0 Å². The Balaban J connectivity index is 1.91. The van der Waals surface area contributed by atoms with Crippen LogP contribution < -0.4 is 4.90 Å². The minimum absolute atomic E-state index is 0.645. The summed E-state index contributed by atoms with van der Waals surface area (Å²) in [6.07, 6.45) is 7.44. The molecule has 2 atom stereocenters. The maximum absolute atomic E-state index is 4.82. The number of aromatic nitrogens is 2. The zero-order valence-corrected chi connectivity index (χ0v) is 13.9. The van der Waals surface area contributed by atoms with Gasteiger partial charge >= 0.3 is 0 Å². The van der Waals surface area contributed by atoms with Gasteiger partial charge in [0, 0.05) is 30.0 Å². The number of nitrogens with zero attached hydrogens (tertiary/aromatic N) is 3. The third-order valence-electron chi connectivity index (χ3n) is 4.26. The molecule has 104 valence electrons. The normalized spacial score (nSPS) is 23.9. The van der Waals surface area contributed by atoms with E-state index in [1.54, 1.807) is 11.3 Å². The van der Waals surface area contributed by atoms with Crippen LogP contribution in [0, 0.1) is 5.92 Å². The van der Waals surface area contributed by atoms with Gasteiger partial charge in [0.15, 0.2) is 10.8 Å². The molecule has 0 aliphatic heterocycles. The Morgan fingerprint density at radius 1 is 1.53 bits per heavy atom. The van der Waals surface area contributed by atoms with Crippen LogP contribution in [0.25, 0.3) is 4.96 Å². The van der Waals surface area contributed by atoms with Crippen molar-refractivity contribution in [2.75, 3.05) is 11.9 Å². The molecule has 1 saturated carbocycles. The molecule has 0 aromatic carbocycles. The molecule has 1 aliphatic carbocycles. The maximum atomic E-state index is 4.82. The average molecular weight is 342 g/mol. The molecule has 0 spiro atoms. The predicted octanol–water partition coefficient (Wildman–Crippen LogP) is 4.31. The number of anilines is 1. The lowest BCUT2D eigenvalue weighted by atomic mass is 9.86. The molecule has 0 saturated heterocycles. The summed E-state index contributed by atoms with van der Waals surface area (Å²) in [5.74, 6) is 2.00. The number of fused-ring (bicyclic) bond motifs is 1. The molecule has 0 bridgehead atoms. The smallest absolute Gasteiger partial charge is 0.195 e. The highest BCUT2D eigenvalue weighted by Gasteiger charge is 2.26. The standard InChI is InChI=1S/C14H20BrN3S/c1-10-4-3-5-11(8-10)17(2)13-12(9-15)18-6-7-19-14(18)16-13/h6-7,10-11H,3-5,8-9H2,1-2H3. The van der Waals surface area contributed by atoms with Gasteiger partial charge in [-0.15, -0.1) is 11.3 Å². The number of thiazole rings is 1. The summed E-state index contributed by atoms with van der Waals surface area (Å²) < 4.78 is 2.21. The Bertz CT molecular complexity index is 562. The van der Waals surface area contributed by atoms with Crippen LogP contribution in [0.5, 0.6) is 0 Å². The van der Waals surface area contributed by atoms with Gasteiger partial charge in [-0.05, 0) is 18.8 Å². The number of alkyl halides is 1. The van der Waals surface area contributed by atoms with Gasteiger partial charge < -0.3 is 4.90 Å². The van der Waals surface area contributed by atoms with E-state index in [1.165, 1.54) is 31.4 Å². The highest BCUT2D eigenvalue weighted by atomic mass is 79.9. The predicted molar refractivity (Wildman–Crippen MR) is 85.5 cm³/mol. The molecular weight excluding hydrogens is 322 g/mol. The summed E-state index contributed by atoms with van der Waals surface area (Å²) in [6.45, 7) is 2.37. The molecule has 2 aromatic heterocycles. The van der Waals surface area contributed by atoms with Gasteiger partial charge in [-0.1, -0.05) is 35.7 Å². The number of halogens is 1. The Morgan fingerprint density at radius 2 is 2.37 bits per heavy atom. The van der Waals surface area contributed by atoms with Gasteiger partial charge in [0.05, 0.1) is 5.69 Å². The summed E-state index contributed by atoms with van der Waals surface area (Å²) in [5, 5.41) is 2.95. The van der Waals surface area contributed by atoms with E-state index in [0.717, 1.165) is 22.0 Å². The molecule has 3 nitrogen and oxygen atoms in total. The van der Waals surface area contributed by atoms with Crippen molar-refractivity contribution < 1.29 is 0 Å². The zero-order valence-electron chi connectivity index (χ0n) is 11.5. The fraction of sp³-hybridized carbons (Fsp3) is 0.643. The zero-order chi connectivity index (χ0) is 13.4. The molecule has 2 unspecified atom stereocenters. The molecule has 0 N–H and O–H groups in total. The lowest BCUT2D eigenvalue weighted by Crippen LogP contribution is -2.36. The van der Waals surface area contributed by atoms with Gasteiger partial charge in [0.1, 0.15) is 0 Å². The average Bonchev–Trinajstić information content (AvgIpc) is 2.97. The minimum Gasteiger partial charge on any atom is -0.355 e. The Labute approximate surface area is 126 Å². The first-order valence-electron chi connectivity index (χ1n) is 6.94. The van der Waals surface area contributed by atoms with Crippen LogP contribution in [0.4, 0.5) is 5.82 Å². The Hall–Kier alpha value is -0.550. The molecule has 5 heteroatoms. The fourth-order valence-corrected chi connectivity index (χ4v) is 4.40. The number of hydrogen-bond acceptors (Lipinski definition) is 3. The van der Waals surface area contributed by atoms with Gasteiger partial charge in [0.25, 0.3) is 0 Å². The SMILES string of the molecule is CC1CCCC(N(C)c2nc3sccn3c2CBr)C1. The van der Waals surface area contributed by atoms with Gasteiger partial charge in [-0.25, -0.2) is 4.98 Å². The molecule has 0 radical (unpaired) electrons. The van der Waals surface area contributed by atoms with Crippen molar-refractivity contribution in [1.29, 1.82) is 0 Å². The minimum atomic E-state index is 0.645. The van der Waals surface area contributed by atoms with E-state index in [0.29, 0.717) is 6.04 Å². The lowest BCUT2D eigenvalue weighted by molar-refractivity contribution is 0.335. The molecule has 2 heterocycles. The Kier molecular flexibility index (Phi) is 3.85. The topological polar surface area (TPSA) is 20.5 Å². The quantitative estimate of drug-likeness (QED) is 0.775. The van der Waals surface area contributed by atoms with Crippen molar-refractivity contribution in [2.24, 2.45) is 5.92 Å². The largest absolute Gasteiger partial charge is 0.355 e. The first kappa shape index (κ1) is 13.4. The second-order valence-corrected chi connectivity index (χ2v) is 7.04. The van der Waals surface area contributed by atoms with Crippen molar-refractivity contribution in [3.63, 3.8) is 0 Å². The van der Waals surface area contributed by atoms with Crippen LogP contribution >= 0.6 is 27.3 Å². The summed E-state index contributed by atoms with van der Waals surface area (Å²) in [7, 11) is 2.21. The molecule has 0 amide bonds. The summed E-state index contributed by atoms with van der Waals surface area (Å²) in [5.41, 5.74) is 1.27.